The van der Waals surface area contributed by atoms with Gasteiger partial charge < -0.3 is 20.5 Å². The normalized spacial score (nSPS) is 20.1. The first-order chi connectivity index (χ1) is 14.5. The molecule has 31 heavy (non-hydrogen) atoms. The predicted molar refractivity (Wildman–Crippen MR) is 110 cm³/mol. The molecule has 1 aromatic rings. The largest absolute Gasteiger partial charge is 0.472 e. The first kappa shape index (κ1) is 23.4. The molecule has 0 amide bonds. The van der Waals surface area contributed by atoms with Gasteiger partial charge >= 0.3 is 6.18 Å². The molecule has 0 saturated heterocycles. The highest BCUT2D eigenvalue weighted by Gasteiger charge is 2.40. The number of hydrogen-bond donors (Lipinski definition) is 3. The number of benzene rings is 1. The number of nitrogens with zero attached hydrogens (tertiary/aromatic N) is 1. The van der Waals surface area contributed by atoms with E-state index in [1.807, 2.05) is 0 Å². The van der Waals surface area contributed by atoms with Crippen LogP contribution in [0.25, 0.3) is 0 Å². The minimum atomic E-state index is -4.65. The van der Waals surface area contributed by atoms with E-state index >= 15 is 0 Å². The highest BCUT2D eigenvalue weighted by atomic mass is 32.2. The highest BCUT2D eigenvalue weighted by Crippen LogP contribution is 2.32. The lowest BCUT2D eigenvalue weighted by atomic mass is 10.2. The Hall–Kier alpha value is -2.27. The summed E-state index contributed by atoms with van der Waals surface area (Å²) in [6.45, 7) is 2.29. The topological polar surface area (TPSA) is 100 Å². The molecule has 1 saturated carbocycles. The number of hydrogen-bond acceptors (Lipinski definition) is 7. The standard InChI is InChI=1S/C20H26F3N3O4S/c1-12(27)13(2)30-18-17(20(21,22)23)11-24-19(26-18)25-14-7-9-16(10-8-14)31(28,29)15-5-3-4-6-15/h7-10,12-13,15,27H,3-6,11H2,1-2H3,(H2,24,25,26)/t12-,13-/m1/s1. The zero-order valence-corrected chi connectivity index (χ0v) is 18.1. The van der Waals surface area contributed by atoms with Crippen LogP contribution in [0.3, 0.4) is 0 Å². The van der Waals surface area contributed by atoms with Crippen molar-refractivity contribution < 1.29 is 31.4 Å². The van der Waals surface area contributed by atoms with E-state index in [4.69, 9.17) is 4.74 Å². The van der Waals surface area contributed by atoms with Crippen LogP contribution in [-0.2, 0) is 14.6 Å². The van der Waals surface area contributed by atoms with Gasteiger partial charge in [-0.25, -0.2) is 8.42 Å². The summed E-state index contributed by atoms with van der Waals surface area (Å²) in [7, 11) is -3.39. The van der Waals surface area contributed by atoms with Crippen LogP contribution in [0.4, 0.5) is 18.9 Å². The number of halogens is 3. The Morgan fingerprint density at radius 1 is 1.19 bits per heavy atom. The Morgan fingerprint density at radius 2 is 1.81 bits per heavy atom. The molecule has 1 aliphatic carbocycles. The molecule has 1 heterocycles. The Balaban J connectivity index is 1.78. The molecular formula is C20H26F3N3O4S. The number of ether oxygens (including phenoxy) is 1. The molecule has 11 heteroatoms. The van der Waals surface area contributed by atoms with Crippen molar-refractivity contribution in [3.8, 4) is 0 Å². The van der Waals surface area contributed by atoms with Crippen LogP contribution < -0.4 is 10.6 Å². The van der Waals surface area contributed by atoms with Crippen LogP contribution in [0.1, 0.15) is 39.5 Å². The highest BCUT2D eigenvalue weighted by molar-refractivity contribution is 7.92. The van der Waals surface area contributed by atoms with Crippen molar-refractivity contribution in [2.75, 3.05) is 11.9 Å². The maximum Gasteiger partial charge on any atom is 0.419 e. The number of sulfone groups is 1. The molecule has 0 radical (unpaired) electrons. The summed E-state index contributed by atoms with van der Waals surface area (Å²) in [4.78, 5) is 4.10. The van der Waals surface area contributed by atoms with E-state index in [1.54, 1.807) is 0 Å². The van der Waals surface area contributed by atoms with E-state index in [0.717, 1.165) is 12.8 Å². The van der Waals surface area contributed by atoms with Gasteiger partial charge in [-0.2, -0.15) is 18.2 Å². The SMILES string of the molecule is C[C@@H](O)[C@@H](C)OC1=C(C(F)(F)F)CNC(Nc2ccc(S(=O)(=O)C3CCCC3)cc2)=N1. The quantitative estimate of drug-likeness (QED) is 0.601. The third-order valence-electron chi connectivity index (χ3n) is 5.41. The van der Waals surface area contributed by atoms with Gasteiger partial charge in [0, 0.05) is 5.69 Å². The molecule has 0 aromatic heterocycles. The van der Waals surface area contributed by atoms with Gasteiger partial charge in [0.05, 0.1) is 22.8 Å². The third-order valence-corrected chi connectivity index (χ3v) is 7.69. The lowest BCUT2D eigenvalue weighted by Gasteiger charge is -2.25. The number of aliphatic hydroxyl groups excluding tert-OH is 1. The molecule has 0 spiro atoms. The van der Waals surface area contributed by atoms with E-state index in [2.05, 4.69) is 15.6 Å². The summed E-state index contributed by atoms with van der Waals surface area (Å²) in [6.07, 6.45) is -3.41. The minimum absolute atomic E-state index is 0.0205. The average Bonchev–Trinajstić information content (AvgIpc) is 3.23. The summed E-state index contributed by atoms with van der Waals surface area (Å²) in [6, 6.07) is 6.02. The monoisotopic (exact) mass is 461 g/mol. The number of rotatable bonds is 6. The van der Waals surface area contributed by atoms with Crippen LogP contribution in [0, 0.1) is 0 Å². The smallest absolute Gasteiger partial charge is 0.419 e. The molecule has 0 unspecified atom stereocenters. The number of anilines is 1. The predicted octanol–water partition coefficient (Wildman–Crippen LogP) is 3.33. The first-order valence-electron chi connectivity index (χ1n) is 10.1. The van der Waals surface area contributed by atoms with Crippen LogP contribution in [0.2, 0.25) is 0 Å². The molecule has 2 atom stereocenters. The Labute approximate surface area is 179 Å². The van der Waals surface area contributed by atoms with Crippen molar-refractivity contribution in [2.24, 2.45) is 4.99 Å². The van der Waals surface area contributed by atoms with E-state index in [0.29, 0.717) is 18.5 Å². The van der Waals surface area contributed by atoms with Crippen molar-refractivity contribution in [2.45, 2.75) is 68.1 Å². The van der Waals surface area contributed by atoms with Gasteiger partial charge in [-0.15, -0.1) is 0 Å². The maximum absolute atomic E-state index is 13.3. The molecular weight excluding hydrogens is 435 g/mol. The second-order valence-electron chi connectivity index (χ2n) is 7.76. The maximum atomic E-state index is 13.3. The van der Waals surface area contributed by atoms with Crippen molar-refractivity contribution in [1.29, 1.82) is 0 Å². The fraction of sp³-hybridized carbons (Fsp3) is 0.550. The summed E-state index contributed by atoms with van der Waals surface area (Å²) in [5.41, 5.74) is -0.529. The average molecular weight is 462 g/mol. The molecule has 1 fully saturated rings. The van der Waals surface area contributed by atoms with E-state index in [-0.39, 0.29) is 16.1 Å². The molecule has 1 aromatic carbocycles. The molecule has 3 rings (SSSR count). The lowest BCUT2D eigenvalue weighted by molar-refractivity contribution is -0.0991. The van der Waals surface area contributed by atoms with Crippen molar-refractivity contribution in [3.63, 3.8) is 0 Å². The van der Waals surface area contributed by atoms with E-state index < -0.39 is 46.2 Å². The van der Waals surface area contributed by atoms with Gasteiger partial charge in [0.15, 0.2) is 9.84 Å². The van der Waals surface area contributed by atoms with Gasteiger partial charge in [0.25, 0.3) is 0 Å². The number of aliphatic hydroxyl groups is 1. The number of nitrogens with one attached hydrogen (secondary N) is 2. The van der Waals surface area contributed by atoms with Gasteiger partial charge in [0.2, 0.25) is 11.8 Å². The van der Waals surface area contributed by atoms with Crippen molar-refractivity contribution in [1.82, 2.24) is 5.32 Å². The number of guanidine groups is 1. The first-order valence-corrected chi connectivity index (χ1v) is 11.6. The van der Waals surface area contributed by atoms with Gasteiger partial charge in [-0.1, -0.05) is 12.8 Å². The second kappa shape index (κ2) is 9.07. The fourth-order valence-electron chi connectivity index (χ4n) is 3.38. The molecule has 172 valence electrons. The van der Waals surface area contributed by atoms with E-state index in [1.165, 1.54) is 38.1 Å². The zero-order chi connectivity index (χ0) is 22.8. The molecule has 1 aliphatic heterocycles. The van der Waals surface area contributed by atoms with Crippen molar-refractivity contribution in [3.05, 3.63) is 35.7 Å². The number of alkyl halides is 3. The van der Waals surface area contributed by atoms with Gasteiger partial charge in [-0.3, -0.25) is 0 Å². The fourth-order valence-corrected chi connectivity index (χ4v) is 5.23. The summed E-state index contributed by atoms with van der Waals surface area (Å²) < 4.78 is 70.4. The van der Waals surface area contributed by atoms with Crippen LogP contribution in [0.5, 0.6) is 0 Å². The lowest BCUT2D eigenvalue weighted by Crippen LogP contribution is -2.40. The number of aliphatic imine (C=N–C) groups is 1. The van der Waals surface area contributed by atoms with Crippen LogP contribution >= 0.6 is 0 Å². The Kier molecular flexibility index (Phi) is 6.85. The molecule has 2 aliphatic rings. The Morgan fingerprint density at radius 3 is 2.35 bits per heavy atom. The van der Waals surface area contributed by atoms with E-state index in [9.17, 15) is 26.7 Å². The van der Waals surface area contributed by atoms with Crippen molar-refractivity contribution >= 4 is 21.5 Å². The van der Waals surface area contributed by atoms with Gasteiger partial charge in [0.1, 0.15) is 11.7 Å². The summed E-state index contributed by atoms with van der Waals surface area (Å²) in [5.74, 6) is -0.602. The molecule has 3 N–H and O–H groups in total. The minimum Gasteiger partial charge on any atom is -0.472 e. The zero-order valence-electron chi connectivity index (χ0n) is 17.2. The Bertz CT molecular complexity index is 951. The van der Waals surface area contributed by atoms with Gasteiger partial charge in [-0.05, 0) is 51.0 Å². The third kappa shape index (κ3) is 5.51. The summed E-state index contributed by atoms with van der Waals surface area (Å²) >= 11 is 0. The van der Waals surface area contributed by atoms with Crippen LogP contribution in [0.15, 0.2) is 45.6 Å². The second-order valence-corrected chi connectivity index (χ2v) is 9.99. The summed E-state index contributed by atoms with van der Waals surface area (Å²) in [5, 5.41) is 14.6. The molecule has 0 bridgehead atoms. The molecule has 7 nitrogen and oxygen atoms in total. The van der Waals surface area contributed by atoms with Crippen LogP contribution in [-0.4, -0.2) is 49.7 Å².